The summed E-state index contributed by atoms with van der Waals surface area (Å²) >= 11 is 0. The molecule has 2 rings (SSSR count). The number of piperidine rings is 1. The van der Waals surface area contributed by atoms with Gasteiger partial charge in [-0.25, -0.2) is 8.78 Å². The lowest BCUT2D eigenvalue weighted by Gasteiger charge is -2.22. The van der Waals surface area contributed by atoms with Gasteiger partial charge in [0.2, 0.25) is 5.91 Å². The predicted octanol–water partition coefficient (Wildman–Crippen LogP) is 2.05. The second-order valence-electron chi connectivity index (χ2n) is 4.12. The number of anilines is 1. The zero-order valence-electron chi connectivity index (χ0n) is 9.30. The summed E-state index contributed by atoms with van der Waals surface area (Å²) in [5.41, 5.74) is 0.279. The summed E-state index contributed by atoms with van der Waals surface area (Å²) in [5, 5.41) is 5.66. The third kappa shape index (κ3) is 3.00. The topological polar surface area (TPSA) is 41.1 Å². The van der Waals surface area contributed by atoms with Gasteiger partial charge in [0.25, 0.3) is 0 Å². The van der Waals surface area contributed by atoms with Crippen molar-refractivity contribution < 1.29 is 13.6 Å². The van der Waals surface area contributed by atoms with Crippen molar-refractivity contribution >= 4 is 11.6 Å². The maximum absolute atomic E-state index is 12.9. The van der Waals surface area contributed by atoms with E-state index in [0.717, 1.165) is 37.9 Å². The Bertz CT molecular complexity index is 417. The van der Waals surface area contributed by atoms with Gasteiger partial charge in [0, 0.05) is 11.8 Å². The Kier molecular flexibility index (Phi) is 3.68. The van der Waals surface area contributed by atoms with Crippen LogP contribution in [0.3, 0.4) is 0 Å². The molecule has 17 heavy (non-hydrogen) atoms. The number of carbonyl (C=O) groups excluding carboxylic acids is 1. The van der Waals surface area contributed by atoms with Crippen LogP contribution in [0.5, 0.6) is 0 Å². The maximum Gasteiger partial charge on any atom is 0.241 e. The van der Waals surface area contributed by atoms with Gasteiger partial charge in [-0.1, -0.05) is 6.42 Å². The van der Waals surface area contributed by atoms with E-state index in [1.807, 2.05) is 0 Å². The van der Waals surface area contributed by atoms with Crippen LogP contribution in [0.1, 0.15) is 19.3 Å². The Morgan fingerprint density at radius 1 is 1.29 bits per heavy atom. The van der Waals surface area contributed by atoms with Gasteiger partial charge in [-0.2, -0.15) is 0 Å². The number of hydrogen-bond donors (Lipinski definition) is 2. The van der Waals surface area contributed by atoms with Crippen LogP contribution in [0.25, 0.3) is 0 Å². The first-order valence-corrected chi connectivity index (χ1v) is 5.66. The van der Waals surface area contributed by atoms with Crippen LogP contribution in [0, 0.1) is 11.6 Å². The minimum absolute atomic E-state index is 0.198. The van der Waals surface area contributed by atoms with Crippen LogP contribution in [-0.4, -0.2) is 18.5 Å². The maximum atomic E-state index is 12.9. The number of rotatable bonds is 2. The van der Waals surface area contributed by atoms with E-state index in [1.165, 1.54) is 6.07 Å². The molecule has 3 nitrogen and oxygen atoms in total. The average Bonchev–Trinajstić information content (AvgIpc) is 2.35. The third-order valence-corrected chi connectivity index (χ3v) is 2.81. The summed E-state index contributed by atoms with van der Waals surface area (Å²) in [7, 11) is 0. The molecular weight excluding hydrogens is 226 g/mol. The van der Waals surface area contributed by atoms with Crippen molar-refractivity contribution in [3.63, 3.8) is 0 Å². The zero-order chi connectivity index (χ0) is 12.3. The normalized spacial score (nSPS) is 20.0. The molecule has 1 heterocycles. The molecule has 0 aliphatic carbocycles. The smallest absolute Gasteiger partial charge is 0.241 e. The SMILES string of the molecule is O=C(Nc1ccc(F)c(F)c1)[C@H]1CCCCN1. The highest BCUT2D eigenvalue weighted by Gasteiger charge is 2.20. The van der Waals surface area contributed by atoms with Crippen LogP contribution < -0.4 is 10.6 Å². The van der Waals surface area contributed by atoms with Gasteiger partial charge in [-0.3, -0.25) is 4.79 Å². The first-order chi connectivity index (χ1) is 8.16. The van der Waals surface area contributed by atoms with Crippen molar-refractivity contribution in [3.05, 3.63) is 29.8 Å². The fraction of sp³-hybridized carbons (Fsp3) is 0.417. The van der Waals surface area contributed by atoms with E-state index < -0.39 is 11.6 Å². The van der Waals surface area contributed by atoms with Crippen molar-refractivity contribution in [3.8, 4) is 0 Å². The number of amides is 1. The quantitative estimate of drug-likeness (QED) is 0.830. The highest BCUT2D eigenvalue weighted by Crippen LogP contribution is 2.15. The molecule has 0 bridgehead atoms. The molecule has 1 aromatic carbocycles. The third-order valence-electron chi connectivity index (χ3n) is 2.81. The average molecular weight is 240 g/mol. The Hall–Kier alpha value is -1.49. The van der Waals surface area contributed by atoms with E-state index in [9.17, 15) is 13.6 Å². The second kappa shape index (κ2) is 5.23. The van der Waals surface area contributed by atoms with Crippen molar-refractivity contribution in [1.29, 1.82) is 0 Å². The second-order valence-corrected chi connectivity index (χ2v) is 4.12. The summed E-state index contributed by atoms with van der Waals surface area (Å²) in [5.74, 6) is -2.08. The lowest BCUT2D eigenvalue weighted by molar-refractivity contribution is -0.118. The number of halogens is 2. The zero-order valence-corrected chi connectivity index (χ0v) is 9.30. The number of benzene rings is 1. The largest absolute Gasteiger partial charge is 0.325 e. The Morgan fingerprint density at radius 3 is 2.76 bits per heavy atom. The Balaban J connectivity index is 1.99. The van der Waals surface area contributed by atoms with Crippen LogP contribution in [0.2, 0.25) is 0 Å². The fourth-order valence-electron chi connectivity index (χ4n) is 1.88. The van der Waals surface area contributed by atoms with Gasteiger partial charge in [-0.15, -0.1) is 0 Å². The molecule has 1 fully saturated rings. The molecule has 92 valence electrons. The standard InChI is InChI=1S/C12H14F2N2O/c13-9-5-4-8(7-10(9)14)16-12(17)11-3-1-2-6-15-11/h4-5,7,11,15H,1-3,6H2,(H,16,17)/t11-/m1/s1. The Morgan fingerprint density at radius 2 is 2.12 bits per heavy atom. The molecule has 0 spiro atoms. The molecule has 5 heteroatoms. The summed E-state index contributed by atoms with van der Waals surface area (Å²) in [6.07, 6.45) is 2.84. The molecule has 0 saturated carbocycles. The van der Waals surface area contributed by atoms with Gasteiger partial charge < -0.3 is 10.6 Å². The molecule has 1 aromatic rings. The van der Waals surface area contributed by atoms with Crippen molar-refractivity contribution in [2.75, 3.05) is 11.9 Å². The molecule has 1 aliphatic heterocycles. The van der Waals surface area contributed by atoms with E-state index in [4.69, 9.17) is 0 Å². The monoisotopic (exact) mass is 240 g/mol. The van der Waals surface area contributed by atoms with Gasteiger partial charge in [0.05, 0.1) is 6.04 Å². The molecule has 1 saturated heterocycles. The van der Waals surface area contributed by atoms with Gasteiger partial charge in [0.1, 0.15) is 0 Å². The molecule has 0 radical (unpaired) electrons. The van der Waals surface area contributed by atoms with Gasteiger partial charge >= 0.3 is 0 Å². The summed E-state index contributed by atoms with van der Waals surface area (Å²) in [4.78, 5) is 11.8. The summed E-state index contributed by atoms with van der Waals surface area (Å²) < 4.78 is 25.6. The van der Waals surface area contributed by atoms with Crippen LogP contribution in [0.15, 0.2) is 18.2 Å². The number of carbonyl (C=O) groups is 1. The van der Waals surface area contributed by atoms with Crippen LogP contribution >= 0.6 is 0 Å². The van der Waals surface area contributed by atoms with Crippen molar-refractivity contribution in [2.45, 2.75) is 25.3 Å². The lowest BCUT2D eigenvalue weighted by Crippen LogP contribution is -2.43. The number of hydrogen-bond acceptors (Lipinski definition) is 2. The highest BCUT2D eigenvalue weighted by molar-refractivity contribution is 5.94. The van der Waals surface area contributed by atoms with E-state index in [2.05, 4.69) is 10.6 Å². The molecule has 0 aromatic heterocycles. The minimum Gasteiger partial charge on any atom is -0.325 e. The van der Waals surface area contributed by atoms with Crippen molar-refractivity contribution in [1.82, 2.24) is 5.32 Å². The van der Waals surface area contributed by atoms with Gasteiger partial charge in [-0.05, 0) is 31.5 Å². The molecule has 0 unspecified atom stereocenters. The number of nitrogens with one attached hydrogen (secondary N) is 2. The van der Waals surface area contributed by atoms with E-state index in [0.29, 0.717) is 0 Å². The predicted molar refractivity (Wildman–Crippen MR) is 60.6 cm³/mol. The molecule has 2 N–H and O–H groups in total. The fourth-order valence-corrected chi connectivity index (χ4v) is 1.88. The Labute approximate surface area is 98.2 Å². The lowest BCUT2D eigenvalue weighted by atomic mass is 10.0. The summed E-state index contributed by atoms with van der Waals surface area (Å²) in [6, 6.07) is 3.09. The first-order valence-electron chi connectivity index (χ1n) is 5.66. The van der Waals surface area contributed by atoms with Gasteiger partial charge in [0.15, 0.2) is 11.6 Å². The molecule has 1 atom stereocenters. The van der Waals surface area contributed by atoms with Crippen LogP contribution in [0.4, 0.5) is 14.5 Å². The van der Waals surface area contributed by atoms with E-state index >= 15 is 0 Å². The highest BCUT2D eigenvalue weighted by atomic mass is 19.2. The van der Waals surface area contributed by atoms with Crippen LogP contribution in [-0.2, 0) is 4.79 Å². The first kappa shape index (κ1) is 12.0. The van der Waals surface area contributed by atoms with Crippen molar-refractivity contribution in [2.24, 2.45) is 0 Å². The van der Waals surface area contributed by atoms with E-state index in [-0.39, 0.29) is 17.6 Å². The van der Waals surface area contributed by atoms with E-state index in [1.54, 1.807) is 0 Å². The molecule has 1 aliphatic rings. The minimum atomic E-state index is -0.959. The summed E-state index contributed by atoms with van der Waals surface area (Å²) in [6.45, 7) is 0.815. The molecular formula is C12H14F2N2O. The molecule has 1 amide bonds.